The van der Waals surface area contributed by atoms with E-state index >= 15 is 0 Å². The SMILES string of the molecule is NCCCc1ccc(S(=O)(=O)N2CCCCCC2)cc1. The van der Waals surface area contributed by atoms with E-state index < -0.39 is 10.0 Å². The van der Waals surface area contributed by atoms with Crippen molar-refractivity contribution in [1.29, 1.82) is 0 Å². The fourth-order valence-electron chi connectivity index (χ4n) is 2.57. The summed E-state index contributed by atoms with van der Waals surface area (Å²) in [5, 5.41) is 0. The predicted octanol–water partition coefficient (Wildman–Crippen LogP) is 2.14. The molecular formula is C15H24N2O2S. The second-order valence-electron chi connectivity index (χ2n) is 5.35. The van der Waals surface area contributed by atoms with Crippen LogP contribution in [0.1, 0.15) is 37.7 Å². The highest BCUT2D eigenvalue weighted by atomic mass is 32.2. The van der Waals surface area contributed by atoms with Gasteiger partial charge in [0, 0.05) is 13.1 Å². The van der Waals surface area contributed by atoms with Gasteiger partial charge >= 0.3 is 0 Å². The molecule has 0 saturated carbocycles. The van der Waals surface area contributed by atoms with Gasteiger partial charge in [0.05, 0.1) is 4.90 Å². The van der Waals surface area contributed by atoms with E-state index in [1.807, 2.05) is 12.1 Å². The van der Waals surface area contributed by atoms with E-state index in [1.165, 1.54) is 0 Å². The van der Waals surface area contributed by atoms with Gasteiger partial charge in [0.1, 0.15) is 0 Å². The van der Waals surface area contributed by atoms with Crippen LogP contribution in [0.15, 0.2) is 29.2 Å². The summed E-state index contributed by atoms with van der Waals surface area (Å²) < 4.78 is 26.8. The number of hydrogen-bond donors (Lipinski definition) is 1. The third kappa shape index (κ3) is 3.81. The Kier molecular flexibility index (Phi) is 5.57. The molecule has 0 radical (unpaired) electrons. The lowest BCUT2D eigenvalue weighted by Gasteiger charge is -2.20. The second-order valence-corrected chi connectivity index (χ2v) is 7.29. The first kappa shape index (κ1) is 15.5. The van der Waals surface area contributed by atoms with E-state index in [2.05, 4.69) is 0 Å². The van der Waals surface area contributed by atoms with Gasteiger partial charge in [0.2, 0.25) is 10.0 Å². The molecule has 0 aromatic heterocycles. The van der Waals surface area contributed by atoms with Crippen molar-refractivity contribution in [2.75, 3.05) is 19.6 Å². The average Bonchev–Trinajstić information content (AvgIpc) is 2.75. The lowest BCUT2D eigenvalue weighted by atomic mass is 10.1. The van der Waals surface area contributed by atoms with Crippen LogP contribution in [-0.4, -0.2) is 32.4 Å². The Balaban J connectivity index is 2.12. The third-order valence-corrected chi connectivity index (χ3v) is 5.71. The number of aryl methyl sites for hydroxylation is 1. The third-order valence-electron chi connectivity index (χ3n) is 3.80. The highest BCUT2D eigenvalue weighted by Crippen LogP contribution is 2.20. The van der Waals surface area contributed by atoms with Crippen molar-refractivity contribution in [3.05, 3.63) is 29.8 Å². The normalized spacial score (nSPS) is 17.9. The molecule has 1 saturated heterocycles. The van der Waals surface area contributed by atoms with Gasteiger partial charge < -0.3 is 5.73 Å². The van der Waals surface area contributed by atoms with Gasteiger partial charge in [0.15, 0.2) is 0 Å². The van der Waals surface area contributed by atoms with Crippen molar-refractivity contribution in [3.63, 3.8) is 0 Å². The molecule has 0 aliphatic carbocycles. The molecule has 1 heterocycles. The molecule has 4 nitrogen and oxygen atoms in total. The first-order chi connectivity index (χ1) is 9.64. The summed E-state index contributed by atoms with van der Waals surface area (Å²) in [6.07, 6.45) is 6.02. The molecular weight excluding hydrogens is 272 g/mol. The molecule has 5 heteroatoms. The van der Waals surface area contributed by atoms with Crippen LogP contribution in [0, 0.1) is 0 Å². The van der Waals surface area contributed by atoms with Crippen LogP contribution >= 0.6 is 0 Å². The zero-order valence-electron chi connectivity index (χ0n) is 11.9. The molecule has 0 atom stereocenters. The summed E-state index contributed by atoms with van der Waals surface area (Å²) in [5.74, 6) is 0. The second kappa shape index (κ2) is 7.20. The molecule has 2 rings (SSSR count). The quantitative estimate of drug-likeness (QED) is 0.905. The van der Waals surface area contributed by atoms with Crippen molar-refractivity contribution in [2.45, 2.75) is 43.4 Å². The summed E-state index contributed by atoms with van der Waals surface area (Å²) >= 11 is 0. The fraction of sp³-hybridized carbons (Fsp3) is 0.600. The van der Waals surface area contributed by atoms with Crippen LogP contribution < -0.4 is 5.73 Å². The first-order valence-electron chi connectivity index (χ1n) is 7.44. The minimum atomic E-state index is -3.31. The Labute approximate surface area is 122 Å². The summed E-state index contributed by atoms with van der Waals surface area (Å²) in [5.41, 5.74) is 6.63. The Morgan fingerprint density at radius 3 is 2.15 bits per heavy atom. The van der Waals surface area contributed by atoms with E-state index in [1.54, 1.807) is 16.4 Å². The molecule has 112 valence electrons. The molecule has 0 spiro atoms. The molecule has 0 unspecified atom stereocenters. The molecule has 2 N–H and O–H groups in total. The summed E-state index contributed by atoms with van der Waals surface area (Å²) in [6.45, 7) is 1.96. The molecule has 1 fully saturated rings. The Morgan fingerprint density at radius 1 is 1.00 bits per heavy atom. The first-order valence-corrected chi connectivity index (χ1v) is 8.88. The number of nitrogens with zero attached hydrogens (tertiary/aromatic N) is 1. The van der Waals surface area contributed by atoms with Crippen LogP contribution in [0.25, 0.3) is 0 Å². The lowest BCUT2D eigenvalue weighted by Crippen LogP contribution is -2.31. The van der Waals surface area contributed by atoms with Crippen molar-refractivity contribution >= 4 is 10.0 Å². The Morgan fingerprint density at radius 2 is 1.60 bits per heavy atom. The van der Waals surface area contributed by atoms with Crippen LogP contribution in [0.3, 0.4) is 0 Å². The van der Waals surface area contributed by atoms with Gasteiger partial charge in [-0.25, -0.2) is 8.42 Å². The van der Waals surface area contributed by atoms with Crippen molar-refractivity contribution in [2.24, 2.45) is 5.73 Å². The molecule has 1 aliphatic rings. The molecule has 1 aromatic rings. The van der Waals surface area contributed by atoms with Crippen molar-refractivity contribution in [1.82, 2.24) is 4.31 Å². The van der Waals surface area contributed by atoms with Crippen LogP contribution in [0.5, 0.6) is 0 Å². The van der Waals surface area contributed by atoms with Crippen molar-refractivity contribution < 1.29 is 8.42 Å². The zero-order valence-corrected chi connectivity index (χ0v) is 12.7. The lowest BCUT2D eigenvalue weighted by molar-refractivity contribution is 0.423. The van der Waals surface area contributed by atoms with Crippen LogP contribution in [0.4, 0.5) is 0 Å². The maximum absolute atomic E-state index is 12.6. The predicted molar refractivity (Wildman–Crippen MR) is 81.0 cm³/mol. The highest BCUT2D eigenvalue weighted by Gasteiger charge is 2.24. The smallest absolute Gasteiger partial charge is 0.243 e. The summed E-state index contributed by atoms with van der Waals surface area (Å²) in [7, 11) is -3.31. The van der Waals surface area contributed by atoms with Crippen LogP contribution in [-0.2, 0) is 16.4 Å². The fourth-order valence-corrected chi connectivity index (χ4v) is 4.08. The maximum atomic E-state index is 12.6. The molecule has 1 aliphatic heterocycles. The largest absolute Gasteiger partial charge is 0.330 e. The Hall–Kier alpha value is -0.910. The van der Waals surface area contributed by atoms with Crippen LogP contribution in [0.2, 0.25) is 0 Å². The molecule has 20 heavy (non-hydrogen) atoms. The molecule has 1 aromatic carbocycles. The molecule has 0 bridgehead atoms. The van der Waals surface area contributed by atoms with Gasteiger partial charge in [0.25, 0.3) is 0 Å². The van der Waals surface area contributed by atoms with Gasteiger partial charge in [-0.3, -0.25) is 0 Å². The van der Waals surface area contributed by atoms with Crippen molar-refractivity contribution in [3.8, 4) is 0 Å². The van der Waals surface area contributed by atoms with Gasteiger partial charge in [-0.05, 0) is 49.9 Å². The van der Waals surface area contributed by atoms with Gasteiger partial charge in [-0.15, -0.1) is 0 Å². The topological polar surface area (TPSA) is 63.4 Å². The van der Waals surface area contributed by atoms with E-state index in [0.29, 0.717) is 24.5 Å². The van der Waals surface area contributed by atoms with E-state index in [4.69, 9.17) is 5.73 Å². The Bertz CT molecular complexity index is 503. The van der Waals surface area contributed by atoms with E-state index in [0.717, 1.165) is 44.1 Å². The zero-order chi connectivity index (χ0) is 14.4. The monoisotopic (exact) mass is 296 g/mol. The average molecular weight is 296 g/mol. The number of benzene rings is 1. The minimum absolute atomic E-state index is 0.413. The maximum Gasteiger partial charge on any atom is 0.243 e. The number of hydrogen-bond acceptors (Lipinski definition) is 3. The highest BCUT2D eigenvalue weighted by molar-refractivity contribution is 7.89. The number of nitrogens with two attached hydrogens (primary N) is 1. The standard InChI is InChI=1S/C15H24N2O2S/c16-11-5-6-14-7-9-15(10-8-14)20(18,19)17-12-3-1-2-4-13-17/h7-10H,1-6,11-13,16H2. The van der Waals surface area contributed by atoms with E-state index in [9.17, 15) is 8.42 Å². The molecule has 0 amide bonds. The number of rotatable bonds is 5. The summed E-state index contributed by atoms with van der Waals surface area (Å²) in [4.78, 5) is 0.413. The minimum Gasteiger partial charge on any atom is -0.330 e. The van der Waals surface area contributed by atoms with Gasteiger partial charge in [-0.2, -0.15) is 4.31 Å². The summed E-state index contributed by atoms with van der Waals surface area (Å²) in [6, 6.07) is 7.26. The van der Waals surface area contributed by atoms with E-state index in [-0.39, 0.29) is 0 Å². The van der Waals surface area contributed by atoms with Gasteiger partial charge in [-0.1, -0.05) is 25.0 Å². The number of sulfonamides is 1.